The van der Waals surface area contributed by atoms with Gasteiger partial charge in [0.25, 0.3) is 5.91 Å². The molecule has 0 aliphatic rings. The summed E-state index contributed by atoms with van der Waals surface area (Å²) in [5.41, 5.74) is 1.91. The van der Waals surface area contributed by atoms with Crippen LogP contribution in [0.1, 0.15) is 22.8 Å². The van der Waals surface area contributed by atoms with Gasteiger partial charge in [-0.2, -0.15) is 0 Å². The minimum absolute atomic E-state index is 0.0148. The molecule has 0 fully saturated rings. The molecule has 154 valence electrons. The van der Waals surface area contributed by atoms with E-state index >= 15 is 0 Å². The van der Waals surface area contributed by atoms with Crippen molar-refractivity contribution in [3.63, 3.8) is 0 Å². The van der Waals surface area contributed by atoms with Crippen molar-refractivity contribution in [3.05, 3.63) is 70.1 Å². The number of carbonyl (C=O) groups excluding carboxylic acids is 1. The summed E-state index contributed by atoms with van der Waals surface area (Å²) in [5.74, 6) is -0.397. The third kappa shape index (κ3) is 3.99. The molecule has 6 nitrogen and oxygen atoms in total. The summed E-state index contributed by atoms with van der Waals surface area (Å²) >= 11 is 1.46. The predicted octanol–water partition coefficient (Wildman–Crippen LogP) is 4.17. The first-order valence-electron chi connectivity index (χ1n) is 9.85. The molecule has 0 saturated carbocycles. The summed E-state index contributed by atoms with van der Waals surface area (Å²) in [6.45, 7) is 3.16. The van der Waals surface area contributed by atoms with Crippen LogP contribution in [0.4, 0.5) is 5.13 Å². The lowest BCUT2D eigenvalue weighted by Crippen LogP contribution is -2.38. The van der Waals surface area contributed by atoms with Gasteiger partial charge in [-0.3, -0.25) is 9.69 Å². The summed E-state index contributed by atoms with van der Waals surface area (Å²) in [5, 5.41) is 1.29. The Balaban J connectivity index is 1.78. The molecule has 2 aromatic carbocycles. The molecule has 0 aliphatic carbocycles. The Labute approximate surface area is 178 Å². The second-order valence-electron chi connectivity index (χ2n) is 7.40. The number of rotatable bonds is 6. The van der Waals surface area contributed by atoms with Gasteiger partial charge in [0.2, 0.25) is 0 Å². The zero-order valence-electron chi connectivity index (χ0n) is 17.2. The van der Waals surface area contributed by atoms with E-state index < -0.39 is 11.5 Å². The largest absolute Gasteiger partial charge is 0.422 e. The molecule has 0 bridgehead atoms. The van der Waals surface area contributed by atoms with E-state index in [1.807, 2.05) is 37.2 Å². The number of thiazole rings is 1. The quantitative estimate of drug-likeness (QED) is 0.437. The molecule has 0 unspecified atom stereocenters. The average Bonchev–Trinajstić information content (AvgIpc) is 3.15. The van der Waals surface area contributed by atoms with Crippen molar-refractivity contribution in [1.29, 1.82) is 0 Å². The molecule has 0 aliphatic heterocycles. The molecule has 0 N–H and O–H groups in total. The van der Waals surface area contributed by atoms with Gasteiger partial charge < -0.3 is 9.32 Å². The fraction of sp³-hybridized carbons (Fsp3) is 0.261. The van der Waals surface area contributed by atoms with Crippen molar-refractivity contribution in [3.8, 4) is 0 Å². The van der Waals surface area contributed by atoms with E-state index in [4.69, 9.17) is 4.42 Å². The molecule has 0 spiro atoms. The first-order chi connectivity index (χ1) is 14.5. The van der Waals surface area contributed by atoms with Gasteiger partial charge in [-0.25, -0.2) is 9.78 Å². The number of para-hydroxylation sites is 1. The Hall–Kier alpha value is -3.03. The van der Waals surface area contributed by atoms with Crippen LogP contribution in [-0.4, -0.2) is 43.0 Å². The molecule has 2 heterocycles. The number of amides is 1. The molecule has 30 heavy (non-hydrogen) atoms. The maximum atomic E-state index is 13.4. The number of benzene rings is 2. The highest BCUT2D eigenvalue weighted by molar-refractivity contribution is 7.22. The number of likely N-dealkylation sites (N-methyl/N-ethyl adjacent to an activating group) is 1. The molecule has 7 heteroatoms. The molecule has 0 atom stereocenters. The smallest absolute Gasteiger partial charge is 0.349 e. The van der Waals surface area contributed by atoms with Crippen LogP contribution in [0.3, 0.4) is 0 Å². The molecule has 2 aromatic heterocycles. The number of hydrogen-bond donors (Lipinski definition) is 0. The number of nitrogens with zero attached hydrogens (tertiary/aromatic N) is 3. The maximum Gasteiger partial charge on any atom is 0.349 e. The first-order valence-corrected chi connectivity index (χ1v) is 10.7. The van der Waals surface area contributed by atoms with Gasteiger partial charge in [-0.1, -0.05) is 42.5 Å². The molecule has 4 aromatic rings. The zero-order chi connectivity index (χ0) is 21.3. The summed E-state index contributed by atoms with van der Waals surface area (Å²) < 4.78 is 6.41. The second kappa shape index (κ2) is 8.38. The summed E-state index contributed by atoms with van der Waals surface area (Å²) in [6.07, 6.45) is 0.935. The topological polar surface area (TPSA) is 66.7 Å². The van der Waals surface area contributed by atoms with Gasteiger partial charge in [0, 0.05) is 18.5 Å². The van der Waals surface area contributed by atoms with E-state index in [9.17, 15) is 9.59 Å². The van der Waals surface area contributed by atoms with E-state index in [1.165, 1.54) is 16.9 Å². The monoisotopic (exact) mass is 421 g/mol. The minimum atomic E-state index is -0.636. The molecular weight excluding hydrogens is 398 g/mol. The Morgan fingerprint density at radius 1 is 1.10 bits per heavy atom. The van der Waals surface area contributed by atoms with Crippen LogP contribution in [0.5, 0.6) is 0 Å². The van der Waals surface area contributed by atoms with Crippen LogP contribution in [0, 0.1) is 0 Å². The standard InChI is InChI=1S/C23H23N3O3S/c1-4-15-9-10-18-20(13-15)30-23(24-18)26(12-11-25(2)3)21(27)17-14-16-7-5-6-8-19(16)29-22(17)28/h5-10,13-14H,4,11-12H2,1-3H3. The van der Waals surface area contributed by atoms with Crippen molar-refractivity contribution in [2.24, 2.45) is 0 Å². The number of aryl methyl sites for hydroxylation is 1. The summed E-state index contributed by atoms with van der Waals surface area (Å²) in [4.78, 5) is 34.2. The lowest BCUT2D eigenvalue weighted by Gasteiger charge is -2.21. The number of carbonyl (C=O) groups is 1. The van der Waals surface area contributed by atoms with Gasteiger partial charge in [-0.05, 0) is 50.3 Å². The molecule has 1 amide bonds. The van der Waals surface area contributed by atoms with Gasteiger partial charge in [0.05, 0.1) is 10.2 Å². The molecule has 0 radical (unpaired) electrons. The van der Waals surface area contributed by atoms with Gasteiger partial charge in [-0.15, -0.1) is 0 Å². The van der Waals surface area contributed by atoms with Gasteiger partial charge in [0.1, 0.15) is 11.1 Å². The van der Waals surface area contributed by atoms with Crippen molar-refractivity contribution >= 4 is 43.6 Å². The van der Waals surface area contributed by atoms with E-state index in [1.54, 1.807) is 23.1 Å². The number of hydrogen-bond acceptors (Lipinski definition) is 6. The summed E-state index contributed by atoms with van der Waals surface area (Å²) in [6, 6.07) is 14.9. The number of anilines is 1. The van der Waals surface area contributed by atoms with E-state index in [-0.39, 0.29) is 5.56 Å². The van der Waals surface area contributed by atoms with Crippen molar-refractivity contribution in [2.75, 3.05) is 32.1 Å². The van der Waals surface area contributed by atoms with Crippen LogP contribution in [-0.2, 0) is 6.42 Å². The Morgan fingerprint density at radius 2 is 1.90 bits per heavy atom. The molecular formula is C23H23N3O3S. The highest BCUT2D eigenvalue weighted by atomic mass is 32.1. The van der Waals surface area contributed by atoms with Crippen LogP contribution in [0.2, 0.25) is 0 Å². The summed E-state index contributed by atoms with van der Waals surface area (Å²) in [7, 11) is 3.89. The van der Waals surface area contributed by atoms with Crippen molar-refractivity contribution in [2.45, 2.75) is 13.3 Å². The molecule has 0 saturated heterocycles. The fourth-order valence-corrected chi connectivity index (χ4v) is 4.29. The lowest BCUT2D eigenvalue weighted by molar-refractivity contribution is 0.0982. The van der Waals surface area contributed by atoms with E-state index in [0.717, 1.165) is 16.6 Å². The third-order valence-electron chi connectivity index (χ3n) is 4.97. The Morgan fingerprint density at radius 3 is 2.67 bits per heavy atom. The van der Waals surface area contributed by atoms with E-state index in [0.29, 0.717) is 29.2 Å². The Kier molecular flexibility index (Phi) is 5.65. The zero-order valence-corrected chi connectivity index (χ0v) is 18.0. The van der Waals surface area contributed by atoms with Crippen LogP contribution < -0.4 is 10.5 Å². The fourth-order valence-electron chi connectivity index (χ4n) is 3.23. The highest BCUT2D eigenvalue weighted by Gasteiger charge is 2.25. The average molecular weight is 422 g/mol. The predicted molar refractivity (Wildman–Crippen MR) is 122 cm³/mol. The van der Waals surface area contributed by atoms with Gasteiger partial charge >= 0.3 is 5.63 Å². The normalized spacial score (nSPS) is 11.5. The second-order valence-corrected chi connectivity index (χ2v) is 8.41. The van der Waals surface area contributed by atoms with Crippen LogP contribution >= 0.6 is 11.3 Å². The first kappa shape index (κ1) is 20.3. The Bertz CT molecular complexity index is 1280. The lowest BCUT2D eigenvalue weighted by atomic mass is 10.1. The number of aromatic nitrogens is 1. The van der Waals surface area contributed by atoms with Crippen LogP contribution in [0.15, 0.2) is 57.7 Å². The van der Waals surface area contributed by atoms with Crippen molar-refractivity contribution < 1.29 is 9.21 Å². The van der Waals surface area contributed by atoms with Gasteiger partial charge in [0.15, 0.2) is 5.13 Å². The minimum Gasteiger partial charge on any atom is -0.422 e. The van der Waals surface area contributed by atoms with Crippen LogP contribution in [0.25, 0.3) is 21.2 Å². The third-order valence-corrected chi connectivity index (χ3v) is 6.01. The highest BCUT2D eigenvalue weighted by Crippen LogP contribution is 2.30. The van der Waals surface area contributed by atoms with Crippen molar-refractivity contribution in [1.82, 2.24) is 9.88 Å². The SMILES string of the molecule is CCc1ccc2nc(N(CCN(C)C)C(=O)c3cc4ccccc4oc3=O)sc2c1. The maximum absolute atomic E-state index is 13.4. The molecule has 4 rings (SSSR count). The van der Waals surface area contributed by atoms with E-state index in [2.05, 4.69) is 24.0 Å². The number of fused-ring (bicyclic) bond motifs is 2.